The molecule has 0 aliphatic carbocycles. The number of halogens is 1. The molecule has 0 bridgehead atoms. The van der Waals surface area contributed by atoms with Crippen LogP contribution in [-0.2, 0) is 0 Å². The number of anilines is 1. The first-order valence-corrected chi connectivity index (χ1v) is 7.29. The quantitative estimate of drug-likeness (QED) is 0.856. The number of benzene rings is 1. The Labute approximate surface area is 121 Å². The van der Waals surface area contributed by atoms with Gasteiger partial charge in [-0.2, -0.15) is 0 Å². The Bertz CT molecular complexity index is 552. The molecule has 0 saturated heterocycles. The first-order valence-electron chi connectivity index (χ1n) is 6.50. The summed E-state index contributed by atoms with van der Waals surface area (Å²) >= 11 is 3.40. The van der Waals surface area contributed by atoms with Crippen molar-refractivity contribution in [3.63, 3.8) is 0 Å². The van der Waals surface area contributed by atoms with Crippen molar-refractivity contribution in [1.82, 2.24) is 20.2 Å². The minimum absolute atomic E-state index is 0.333. The van der Waals surface area contributed by atoms with Gasteiger partial charge in [0.2, 0.25) is 0 Å². The van der Waals surface area contributed by atoms with Crippen LogP contribution in [0.4, 0.5) is 5.69 Å². The van der Waals surface area contributed by atoms with Crippen LogP contribution in [0.25, 0.3) is 11.4 Å². The fourth-order valence-corrected chi connectivity index (χ4v) is 2.39. The van der Waals surface area contributed by atoms with E-state index < -0.39 is 0 Å². The minimum Gasteiger partial charge on any atom is -0.398 e. The van der Waals surface area contributed by atoms with Gasteiger partial charge in [0.25, 0.3) is 0 Å². The molecule has 1 heterocycles. The maximum atomic E-state index is 5.92. The number of aromatic nitrogens is 4. The molecule has 2 N–H and O–H groups in total. The van der Waals surface area contributed by atoms with E-state index in [9.17, 15) is 0 Å². The Morgan fingerprint density at radius 2 is 2.16 bits per heavy atom. The molecule has 102 valence electrons. The molecule has 0 saturated carbocycles. The molecule has 1 atom stereocenters. The van der Waals surface area contributed by atoms with E-state index in [-0.39, 0.29) is 0 Å². The Morgan fingerprint density at radius 3 is 2.79 bits per heavy atom. The van der Waals surface area contributed by atoms with Gasteiger partial charge in [-0.3, -0.25) is 0 Å². The lowest BCUT2D eigenvalue weighted by atomic mass is 10.1. The van der Waals surface area contributed by atoms with Crippen LogP contribution in [-0.4, -0.2) is 20.2 Å². The first kappa shape index (κ1) is 14.0. The minimum atomic E-state index is 0.333. The molecule has 6 heteroatoms. The monoisotopic (exact) mass is 323 g/mol. The first-order chi connectivity index (χ1) is 9.17. The highest BCUT2D eigenvalue weighted by molar-refractivity contribution is 9.10. The van der Waals surface area contributed by atoms with Crippen LogP contribution in [0.5, 0.6) is 0 Å². The SMILES string of the molecule is CCCC(CC)n1nnnc1-c1ccc(Br)c(N)c1. The van der Waals surface area contributed by atoms with Gasteiger partial charge in [0.15, 0.2) is 5.82 Å². The predicted octanol–water partition coefficient (Wildman–Crippen LogP) is 3.44. The van der Waals surface area contributed by atoms with Crippen LogP contribution in [0, 0.1) is 0 Å². The molecule has 0 aliphatic heterocycles. The van der Waals surface area contributed by atoms with Crippen LogP contribution >= 0.6 is 15.9 Å². The van der Waals surface area contributed by atoms with Crippen molar-refractivity contribution in [3.05, 3.63) is 22.7 Å². The second kappa shape index (κ2) is 6.14. The van der Waals surface area contributed by atoms with Crippen molar-refractivity contribution < 1.29 is 0 Å². The smallest absolute Gasteiger partial charge is 0.182 e. The lowest BCUT2D eigenvalue weighted by Crippen LogP contribution is -2.11. The summed E-state index contributed by atoms with van der Waals surface area (Å²) in [6.45, 7) is 4.33. The van der Waals surface area contributed by atoms with Gasteiger partial charge >= 0.3 is 0 Å². The van der Waals surface area contributed by atoms with Crippen LogP contribution in [0.2, 0.25) is 0 Å². The van der Waals surface area contributed by atoms with Crippen molar-refractivity contribution in [1.29, 1.82) is 0 Å². The average molecular weight is 324 g/mol. The van der Waals surface area contributed by atoms with Crippen molar-refractivity contribution in [2.24, 2.45) is 0 Å². The Morgan fingerprint density at radius 1 is 1.37 bits per heavy atom. The summed E-state index contributed by atoms with van der Waals surface area (Å²) in [7, 11) is 0. The largest absolute Gasteiger partial charge is 0.398 e. The summed E-state index contributed by atoms with van der Waals surface area (Å²) < 4.78 is 2.79. The summed E-state index contributed by atoms with van der Waals surface area (Å²) in [6, 6.07) is 6.12. The van der Waals surface area contributed by atoms with Gasteiger partial charge in [0.05, 0.1) is 6.04 Å². The van der Waals surface area contributed by atoms with E-state index in [1.54, 1.807) is 0 Å². The molecule has 5 nitrogen and oxygen atoms in total. The molecule has 0 amide bonds. The Balaban J connectivity index is 2.40. The average Bonchev–Trinajstić information content (AvgIpc) is 2.88. The van der Waals surface area contributed by atoms with Crippen molar-refractivity contribution in [2.75, 3.05) is 5.73 Å². The lowest BCUT2D eigenvalue weighted by molar-refractivity contribution is 0.404. The molecular formula is C13H18BrN5. The van der Waals surface area contributed by atoms with Crippen LogP contribution in [0.1, 0.15) is 39.2 Å². The van der Waals surface area contributed by atoms with Gasteiger partial charge < -0.3 is 5.73 Å². The highest BCUT2D eigenvalue weighted by atomic mass is 79.9. The zero-order valence-corrected chi connectivity index (χ0v) is 12.8. The van der Waals surface area contributed by atoms with Gasteiger partial charge in [0, 0.05) is 15.7 Å². The maximum absolute atomic E-state index is 5.92. The van der Waals surface area contributed by atoms with Crippen LogP contribution in [0.3, 0.4) is 0 Å². The molecule has 1 unspecified atom stereocenters. The molecule has 2 aromatic rings. The van der Waals surface area contributed by atoms with Gasteiger partial charge in [-0.1, -0.05) is 20.3 Å². The maximum Gasteiger partial charge on any atom is 0.182 e. The van der Waals surface area contributed by atoms with Gasteiger partial charge in [-0.15, -0.1) is 5.10 Å². The molecule has 0 aliphatic rings. The van der Waals surface area contributed by atoms with E-state index in [1.807, 2.05) is 22.9 Å². The summed E-state index contributed by atoms with van der Waals surface area (Å²) in [5.41, 5.74) is 7.55. The highest BCUT2D eigenvalue weighted by Crippen LogP contribution is 2.28. The van der Waals surface area contributed by atoms with Crippen molar-refractivity contribution in [3.8, 4) is 11.4 Å². The van der Waals surface area contributed by atoms with E-state index >= 15 is 0 Å². The van der Waals surface area contributed by atoms with E-state index in [2.05, 4.69) is 45.3 Å². The number of rotatable bonds is 5. The molecular weight excluding hydrogens is 306 g/mol. The standard InChI is InChI=1S/C13H18BrN5/c1-3-5-10(4-2)19-13(16-17-18-19)9-6-7-11(14)12(15)8-9/h6-8,10H,3-5,15H2,1-2H3. The second-order valence-corrected chi connectivity index (χ2v) is 5.39. The van der Waals surface area contributed by atoms with Gasteiger partial charge in [-0.25, -0.2) is 4.68 Å². The molecule has 2 rings (SSSR count). The number of hydrogen-bond donors (Lipinski definition) is 1. The van der Waals surface area contributed by atoms with Gasteiger partial charge in [0.1, 0.15) is 0 Å². The normalized spacial score (nSPS) is 12.6. The van der Waals surface area contributed by atoms with Crippen LogP contribution in [0.15, 0.2) is 22.7 Å². The molecule has 19 heavy (non-hydrogen) atoms. The predicted molar refractivity (Wildman–Crippen MR) is 79.6 cm³/mol. The summed E-state index contributed by atoms with van der Waals surface area (Å²) in [6.07, 6.45) is 3.19. The van der Waals surface area contributed by atoms with E-state index in [4.69, 9.17) is 5.73 Å². The summed E-state index contributed by atoms with van der Waals surface area (Å²) in [4.78, 5) is 0. The lowest BCUT2D eigenvalue weighted by Gasteiger charge is -2.15. The number of tetrazole rings is 1. The molecule has 0 radical (unpaired) electrons. The zero-order valence-electron chi connectivity index (χ0n) is 11.2. The molecule has 1 aromatic heterocycles. The summed E-state index contributed by atoms with van der Waals surface area (Å²) in [5, 5.41) is 12.1. The molecule has 0 spiro atoms. The fraction of sp³-hybridized carbons (Fsp3) is 0.462. The highest BCUT2D eigenvalue weighted by Gasteiger charge is 2.16. The van der Waals surface area contributed by atoms with E-state index in [1.165, 1.54) is 0 Å². The van der Waals surface area contributed by atoms with Crippen molar-refractivity contribution >= 4 is 21.6 Å². The number of nitrogen functional groups attached to an aromatic ring is 1. The second-order valence-electron chi connectivity index (χ2n) is 4.53. The Kier molecular flexibility index (Phi) is 4.52. The summed E-state index contributed by atoms with van der Waals surface area (Å²) in [5.74, 6) is 0.777. The molecule has 1 aromatic carbocycles. The van der Waals surface area contributed by atoms with Crippen LogP contribution < -0.4 is 5.73 Å². The third-order valence-corrected chi connectivity index (χ3v) is 3.91. The van der Waals surface area contributed by atoms with E-state index in [0.29, 0.717) is 11.7 Å². The van der Waals surface area contributed by atoms with Gasteiger partial charge in [-0.05, 0) is 57.4 Å². The third-order valence-electron chi connectivity index (χ3n) is 3.19. The topological polar surface area (TPSA) is 69.6 Å². The fourth-order valence-electron chi connectivity index (χ4n) is 2.15. The number of hydrogen-bond acceptors (Lipinski definition) is 4. The van der Waals surface area contributed by atoms with E-state index in [0.717, 1.165) is 35.1 Å². The zero-order chi connectivity index (χ0) is 13.8. The van der Waals surface area contributed by atoms with Crippen molar-refractivity contribution in [2.45, 2.75) is 39.2 Å². The number of nitrogens with two attached hydrogens (primary N) is 1. The number of nitrogens with zero attached hydrogens (tertiary/aromatic N) is 4. The third kappa shape index (κ3) is 2.94. The molecule has 0 fully saturated rings. The Hall–Kier alpha value is -1.43.